The molecule has 1 fully saturated rings. The highest BCUT2D eigenvalue weighted by Crippen LogP contribution is 2.29. The monoisotopic (exact) mass is 218 g/mol. The van der Waals surface area contributed by atoms with E-state index in [1.165, 1.54) is 5.69 Å². The Morgan fingerprint density at radius 1 is 1.19 bits per heavy atom. The lowest BCUT2D eigenvalue weighted by molar-refractivity contribution is 0.122. The van der Waals surface area contributed by atoms with E-state index in [2.05, 4.69) is 16.1 Å². The predicted molar refractivity (Wildman–Crippen MR) is 63.2 cm³/mol. The van der Waals surface area contributed by atoms with Crippen LogP contribution in [0.1, 0.15) is 11.1 Å². The lowest BCUT2D eigenvalue weighted by Gasteiger charge is -2.30. The Balaban J connectivity index is 2.33. The van der Waals surface area contributed by atoms with Crippen LogP contribution < -0.4 is 10.4 Å². The van der Waals surface area contributed by atoms with Gasteiger partial charge in [-0.2, -0.15) is 0 Å². The van der Waals surface area contributed by atoms with Gasteiger partial charge in [-0.05, 0) is 42.6 Å². The second-order valence-corrected chi connectivity index (χ2v) is 4.12. The van der Waals surface area contributed by atoms with Gasteiger partial charge in [0.05, 0.1) is 18.9 Å². The van der Waals surface area contributed by atoms with Crippen molar-refractivity contribution < 1.29 is 4.74 Å². The number of benzene rings is 1. The zero-order valence-corrected chi connectivity index (χ0v) is 9.73. The fraction of sp³-hybridized carbons (Fsp3) is 0.500. The van der Waals surface area contributed by atoms with Crippen LogP contribution >= 0.6 is 0 Å². The smallest absolute Gasteiger partial charge is 0.0908 e. The SMILES string of the molecule is Cc1cc(N2CCOCC2)c(C)cc1N=[N]. The highest BCUT2D eigenvalue weighted by Gasteiger charge is 2.14. The molecule has 0 N–H and O–H groups in total. The van der Waals surface area contributed by atoms with E-state index in [0.717, 1.165) is 37.4 Å². The number of nitrogens with zero attached hydrogens (tertiary/aromatic N) is 3. The van der Waals surface area contributed by atoms with Crippen LogP contribution in [-0.4, -0.2) is 26.3 Å². The van der Waals surface area contributed by atoms with Crippen molar-refractivity contribution in [2.24, 2.45) is 5.11 Å². The first kappa shape index (κ1) is 11.1. The Bertz CT molecular complexity index is 397. The van der Waals surface area contributed by atoms with Crippen molar-refractivity contribution in [1.29, 1.82) is 0 Å². The van der Waals surface area contributed by atoms with Gasteiger partial charge in [0.1, 0.15) is 0 Å². The molecule has 1 aliphatic rings. The van der Waals surface area contributed by atoms with Gasteiger partial charge in [-0.15, -0.1) is 5.11 Å². The molecule has 0 aliphatic carbocycles. The van der Waals surface area contributed by atoms with Crippen LogP contribution in [0.25, 0.3) is 0 Å². The molecule has 1 saturated heterocycles. The molecule has 4 heteroatoms. The summed E-state index contributed by atoms with van der Waals surface area (Å²) in [5, 5.41) is 3.27. The zero-order chi connectivity index (χ0) is 11.5. The summed E-state index contributed by atoms with van der Waals surface area (Å²) in [5.74, 6) is 0. The Labute approximate surface area is 95.7 Å². The first-order chi connectivity index (χ1) is 7.72. The van der Waals surface area contributed by atoms with Crippen molar-refractivity contribution in [3.05, 3.63) is 23.3 Å². The van der Waals surface area contributed by atoms with E-state index in [1.807, 2.05) is 19.9 Å². The largest absolute Gasteiger partial charge is 0.378 e. The van der Waals surface area contributed by atoms with Crippen molar-refractivity contribution in [3.8, 4) is 0 Å². The molecule has 2 rings (SSSR count). The maximum absolute atomic E-state index is 8.84. The molecule has 0 bridgehead atoms. The van der Waals surface area contributed by atoms with Crippen LogP contribution in [0.3, 0.4) is 0 Å². The molecule has 16 heavy (non-hydrogen) atoms. The average molecular weight is 218 g/mol. The summed E-state index contributed by atoms with van der Waals surface area (Å²) in [6.07, 6.45) is 0. The van der Waals surface area contributed by atoms with Gasteiger partial charge in [0, 0.05) is 18.8 Å². The molecule has 0 amide bonds. The van der Waals surface area contributed by atoms with E-state index in [-0.39, 0.29) is 0 Å². The number of hydrogen-bond acceptors (Lipinski definition) is 3. The van der Waals surface area contributed by atoms with Crippen LogP contribution in [0.2, 0.25) is 0 Å². The maximum atomic E-state index is 8.84. The van der Waals surface area contributed by atoms with Gasteiger partial charge in [0.25, 0.3) is 0 Å². The van der Waals surface area contributed by atoms with E-state index in [9.17, 15) is 0 Å². The fourth-order valence-electron chi connectivity index (χ4n) is 2.04. The van der Waals surface area contributed by atoms with Gasteiger partial charge in [-0.3, -0.25) is 0 Å². The highest BCUT2D eigenvalue weighted by molar-refractivity contribution is 5.62. The average Bonchev–Trinajstić information content (AvgIpc) is 2.32. The van der Waals surface area contributed by atoms with Crippen molar-refractivity contribution >= 4 is 11.4 Å². The molecule has 0 saturated carbocycles. The maximum Gasteiger partial charge on any atom is 0.0908 e. The van der Waals surface area contributed by atoms with E-state index < -0.39 is 0 Å². The molecule has 1 aromatic carbocycles. The van der Waals surface area contributed by atoms with E-state index >= 15 is 0 Å². The molecule has 0 unspecified atom stereocenters. The molecule has 0 aromatic heterocycles. The number of ether oxygens (including phenoxy) is 1. The van der Waals surface area contributed by atoms with Crippen LogP contribution in [0.4, 0.5) is 11.4 Å². The third kappa shape index (κ3) is 2.07. The lowest BCUT2D eigenvalue weighted by atomic mass is 10.1. The molecule has 1 radical (unpaired) electrons. The predicted octanol–water partition coefficient (Wildman–Crippen LogP) is 2.02. The van der Waals surface area contributed by atoms with Crippen molar-refractivity contribution in [1.82, 2.24) is 5.53 Å². The molecule has 4 nitrogen and oxygen atoms in total. The second-order valence-electron chi connectivity index (χ2n) is 4.12. The van der Waals surface area contributed by atoms with Gasteiger partial charge in [-0.25, -0.2) is 0 Å². The van der Waals surface area contributed by atoms with E-state index in [1.54, 1.807) is 0 Å². The summed E-state index contributed by atoms with van der Waals surface area (Å²) in [6, 6.07) is 4.00. The van der Waals surface area contributed by atoms with Crippen LogP contribution in [-0.2, 0) is 4.74 Å². The minimum absolute atomic E-state index is 0.648. The molecule has 0 atom stereocenters. The molecule has 85 valence electrons. The van der Waals surface area contributed by atoms with Gasteiger partial charge in [0.15, 0.2) is 0 Å². The fourth-order valence-corrected chi connectivity index (χ4v) is 2.04. The number of morpholine rings is 1. The van der Waals surface area contributed by atoms with Crippen LogP contribution in [0, 0.1) is 13.8 Å². The Morgan fingerprint density at radius 3 is 2.50 bits per heavy atom. The summed E-state index contributed by atoms with van der Waals surface area (Å²) < 4.78 is 5.34. The number of aryl methyl sites for hydroxylation is 2. The molecule has 1 heterocycles. The molecular formula is C12H16N3O. The van der Waals surface area contributed by atoms with E-state index in [0.29, 0.717) is 5.69 Å². The normalized spacial score (nSPS) is 16.2. The third-order valence-corrected chi connectivity index (χ3v) is 2.97. The molecule has 1 aliphatic heterocycles. The van der Waals surface area contributed by atoms with E-state index in [4.69, 9.17) is 10.3 Å². The standard InChI is InChI=1S/C12H16N3O/c1-9-8-12(10(2)7-11(9)14-13)15-3-5-16-6-4-15/h7-8H,3-6H2,1-2H3. The van der Waals surface area contributed by atoms with Crippen molar-refractivity contribution in [2.75, 3.05) is 31.2 Å². The van der Waals surface area contributed by atoms with Gasteiger partial charge >= 0.3 is 0 Å². The first-order valence-electron chi connectivity index (χ1n) is 5.51. The zero-order valence-electron chi connectivity index (χ0n) is 9.73. The van der Waals surface area contributed by atoms with Crippen molar-refractivity contribution in [3.63, 3.8) is 0 Å². The van der Waals surface area contributed by atoms with Gasteiger partial charge in [-0.1, -0.05) is 0 Å². The lowest BCUT2D eigenvalue weighted by Crippen LogP contribution is -2.36. The summed E-state index contributed by atoms with van der Waals surface area (Å²) >= 11 is 0. The van der Waals surface area contributed by atoms with Crippen LogP contribution in [0.5, 0.6) is 0 Å². The number of anilines is 1. The van der Waals surface area contributed by atoms with Crippen molar-refractivity contribution in [2.45, 2.75) is 13.8 Å². The first-order valence-corrected chi connectivity index (χ1v) is 5.51. The Hall–Kier alpha value is -1.42. The summed E-state index contributed by atoms with van der Waals surface area (Å²) in [7, 11) is 0. The Morgan fingerprint density at radius 2 is 1.88 bits per heavy atom. The molecule has 1 aromatic rings. The second kappa shape index (κ2) is 4.61. The highest BCUT2D eigenvalue weighted by atomic mass is 16.5. The van der Waals surface area contributed by atoms with Gasteiger partial charge < -0.3 is 9.64 Å². The summed E-state index contributed by atoms with van der Waals surface area (Å²) in [6.45, 7) is 7.42. The Kier molecular flexibility index (Phi) is 3.19. The third-order valence-electron chi connectivity index (χ3n) is 2.97. The van der Waals surface area contributed by atoms with Crippen LogP contribution in [0.15, 0.2) is 17.2 Å². The minimum atomic E-state index is 0.648. The molecule has 0 spiro atoms. The topological polar surface area (TPSA) is 47.1 Å². The van der Waals surface area contributed by atoms with Gasteiger partial charge in [0.2, 0.25) is 0 Å². The minimum Gasteiger partial charge on any atom is -0.378 e. The quantitative estimate of drug-likeness (QED) is 0.713. The number of rotatable bonds is 2. The summed E-state index contributed by atoms with van der Waals surface area (Å²) in [5.41, 5.74) is 12.8. The number of hydrogen-bond donors (Lipinski definition) is 0. The molecular weight excluding hydrogens is 202 g/mol. The summed E-state index contributed by atoms with van der Waals surface area (Å²) in [4.78, 5) is 2.31.